The van der Waals surface area contributed by atoms with E-state index in [1.807, 2.05) is 12.1 Å². The molecule has 1 N–H and O–H groups in total. The summed E-state index contributed by atoms with van der Waals surface area (Å²) < 4.78 is 13.1. The van der Waals surface area contributed by atoms with Gasteiger partial charge in [0.05, 0.1) is 20.3 Å². The van der Waals surface area contributed by atoms with E-state index >= 15 is 0 Å². The Bertz CT molecular complexity index is 729. The van der Waals surface area contributed by atoms with Gasteiger partial charge in [0.2, 0.25) is 0 Å². The molecule has 1 aromatic heterocycles. The zero-order chi connectivity index (χ0) is 17.1. The third kappa shape index (κ3) is 2.94. The fourth-order valence-corrected chi connectivity index (χ4v) is 3.57. The maximum absolute atomic E-state index is 5.61. The molecule has 0 saturated carbocycles. The third-order valence-corrected chi connectivity index (χ3v) is 4.73. The third-order valence-electron chi connectivity index (χ3n) is 4.35. The van der Waals surface area contributed by atoms with Crippen molar-refractivity contribution < 1.29 is 9.47 Å². The van der Waals surface area contributed by atoms with E-state index in [9.17, 15) is 0 Å². The molecule has 2 heterocycles. The lowest BCUT2D eigenvalue weighted by Crippen LogP contribution is -2.47. The van der Waals surface area contributed by atoms with Crippen molar-refractivity contribution in [3.8, 4) is 11.5 Å². The monoisotopic (exact) mass is 345 g/mol. The summed E-state index contributed by atoms with van der Waals surface area (Å²) in [6.45, 7) is 4.67. The zero-order valence-electron chi connectivity index (χ0n) is 14.3. The molecule has 3 rings (SSSR count). The summed E-state index contributed by atoms with van der Waals surface area (Å²) >= 11 is 5.61. The molecular formula is C18H23N3O2S. The van der Waals surface area contributed by atoms with Crippen molar-refractivity contribution in [3.63, 3.8) is 0 Å². The number of benzene rings is 1. The molecule has 24 heavy (non-hydrogen) atoms. The van der Waals surface area contributed by atoms with Crippen LogP contribution >= 0.6 is 12.2 Å². The van der Waals surface area contributed by atoms with E-state index in [2.05, 4.69) is 46.1 Å². The fraction of sp³-hybridized carbons (Fsp3) is 0.389. The van der Waals surface area contributed by atoms with Gasteiger partial charge in [0.15, 0.2) is 16.6 Å². The minimum atomic E-state index is 0.0557. The van der Waals surface area contributed by atoms with Gasteiger partial charge in [-0.1, -0.05) is 6.07 Å². The van der Waals surface area contributed by atoms with Crippen LogP contribution in [0.5, 0.6) is 11.5 Å². The standard InChI is InChI=1S/C18H23N3O2S/c1-4-19-18(24)21-11-10-20-9-5-6-14(20)17(21)13-7-8-15(22-2)16(12-13)23-3/h5-9,12,17H,4,10-11H2,1-3H3,(H,19,24). The van der Waals surface area contributed by atoms with Gasteiger partial charge in [-0.3, -0.25) is 0 Å². The molecule has 0 spiro atoms. The summed E-state index contributed by atoms with van der Waals surface area (Å²) in [6.07, 6.45) is 2.12. The molecule has 0 fully saturated rings. The number of fused-ring (bicyclic) bond motifs is 1. The fourth-order valence-electron chi connectivity index (χ4n) is 3.23. The van der Waals surface area contributed by atoms with Gasteiger partial charge in [0.1, 0.15) is 0 Å². The minimum Gasteiger partial charge on any atom is -0.493 e. The van der Waals surface area contributed by atoms with Crippen LogP contribution in [-0.2, 0) is 6.54 Å². The molecule has 1 aromatic carbocycles. The predicted molar refractivity (Wildman–Crippen MR) is 98.8 cm³/mol. The summed E-state index contributed by atoms with van der Waals surface area (Å²) in [5.41, 5.74) is 2.36. The van der Waals surface area contributed by atoms with Crippen LogP contribution in [0.1, 0.15) is 24.2 Å². The second-order valence-electron chi connectivity index (χ2n) is 5.67. The molecule has 0 amide bonds. The van der Waals surface area contributed by atoms with Gasteiger partial charge in [0, 0.05) is 31.5 Å². The molecule has 5 nitrogen and oxygen atoms in total. The molecule has 6 heteroatoms. The van der Waals surface area contributed by atoms with Gasteiger partial charge in [-0.2, -0.15) is 0 Å². The maximum atomic E-state index is 5.61. The summed E-state index contributed by atoms with van der Waals surface area (Å²) in [4.78, 5) is 2.25. The quantitative estimate of drug-likeness (QED) is 0.863. The van der Waals surface area contributed by atoms with Gasteiger partial charge in [-0.05, 0) is 49.0 Å². The minimum absolute atomic E-state index is 0.0557. The summed E-state index contributed by atoms with van der Waals surface area (Å²) in [6, 6.07) is 10.4. The Morgan fingerprint density at radius 2 is 2.00 bits per heavy atom. The molecule has 0 saturated heterocycles. The lowest BCUT2D eigenvalue weighted by molar-refractivity contribution is 0.285. The Morgan fingerprint density at radius 1 is 1.21 bits per heavy atom. The number of ether oxygens (including phenoxy) is 2. The van der Waals surface area contributed by atoms with Crippen molar-refractivity contribution >= 4 is 17.3 Å². The van der Waals surface area contributed by atoms with E-state index in [-0.39, 0.29) is 6.04 Å². The Kier molecular flexibility index (Phi) is 4.94. The van der Waals surface area contributed by atoms with Crippen LogP contribution in [0.4, 0.5) is 0 Å². The summed E-state index contributed by atoms with van der Waals surface area (Å²) in [5.74, 6) is 1.46. The van der Waals surface area contributed by atoms with Crippen LogP contribution in [0.25, 0.3) is 0 Å². The highest BCUT2D eigenvalue weighted by Gasteiger charge is 2.30. The smallest absolute Gasteiger partial charge is 0.169 e. The first kappa shape index (κ1) is 16.6. The zero-order valence-corrected chi connectivity index (χ0v) is 15.1. The topological polar surface area (TPSA) is 38.7 Å². The lowest BCUT2D eigenvalue weighted by atomic mass is 9.99. The van der Waals surface area contributed by atoms with Crippen molar-refractivity contribution in [1.82, 2.24) is 14.8 Å². The van der Waals surface area contributed by atoms with Crippen molar-refractivity contribution in [2.45, 2.75) is 19.5 Å². The van der Waals surface area contributed by atoms with Crippen molar-refractivity contribution in [1.29, 1.82) is 0 Å². The van der Waals surface area contributed by atoms with E-state index in [0.717, 1.165) is 41.8 Å². The first-order valence-corrected chi connectivity index (χ1v) is 8.51. The average molecular weight is 345 g/mol. The van der Waals surface area contributed by atoms with Crippen LogP contribution in [0.3, 0.4) is 0 Å². The summed E-state index contributed by atoms with van der Waals surface area (Å²) in [7, 11) is 3.31. The van der Waals surface area contributed by atoms with E-state index in [4.69, 9.17) is 21.7 Å². The van der Waals surface area contributed by atoms with Crippen LogP contribution < -0.4 is 14.8 Å². The Morgan fingerprint density at radius 3 is 2.71 bits per heavy atom. The molecular weight excluding hydrogens is 322 g/mol. The van der Waals surface area contributed by atoms with E-state index in [0.29, 0.717) is 0 Å². The number of nitrogens with one attached hydrogen (secondary N) is 1. The SMILES string of the molecule is CCNC(=S)N1CCn2cccc2C1c1ccc(OC)c(OC)c1. The van der Waals surface area contributed by atoms with E-state index < -0.39 is 0 Å². The van der Waals surface area contributed by atoms with Gasteiger partial charge >= 0.3 is 0 Å². The van der Waals surface area contributed by atoms with Gasteiger partial charge in [-0.25, -0.2) is 0 Å². The lowest BCUT2D eigenvalue weighted by Gasteiger charge is -2.39. The summed E-state index contributed by atoms with van der Waals surface area (Å²) in [5, 5.41) is 4.06. The number of rotatable bonds is 4. The number of thiocarbonyl (C=S) groups is 1. The first-order valence-electron chi connectivity index (χ1n) is 8.11. The van der Waals surface area contributed by atoms with Crippen LogP contribution in [0.2, 0.25) is 0 Å². The highest BCUT2D eigenvalue weighted by molar-refractivity contribution is 7.80. The van der Waals surface area contributed by atoms with Gasteiger partial charge in [-0.15, -0.1) is 0 Å². The van der Waals surface area contributed by atoms with Crippen LogP contribution in [0.15, 0.2) is 36.5 Å². The largest absolute Gasteiger partial charge is 0.493 e. The normalized spacial score (nSPS) is 16.5. The Balaban J connectivity index is 2.05. The van der Waals surface area contributed by atoms with Gasteiger partial charge < -0.3 is 24.3 Å². The van der Waals surface area contributed by atoms with Crippen LogP contribution in [0, 0.1) is 0 Å². The molecule has 128 valence electrons. The molecule has 1 aliphatic heterocycles. The molecule has 1 unspecified atom stereocenters. The molecule has 0 aliphatic carbocycles. The predicted octanol–water partition coefficient (Wildman–Crippen LogP) is 2.80. The van der Waals surface area contributed by atoms with E-state index in [1.165, 1.54) is 5.69 Å². The highest BCUT2D eigenvalue weighted by Crippen LogP contribution is 2.37. The number of nitrogens with zero attached hydrogens (tertiary/aromatic N) is 2. The number of methoxy groups -OCH3 is 2. The molecule has 2 aromatic rings. The molecule has 1 aliphatic rings. The van der Waals surface area contributed by atoms with Crippen molar-refractivity contribution in [2.75, 3.05) is 27.3 Å². The Labute approximate surface area is 148 Å². The van der Waals surface area contributed by atoms with Crippen molar-refractivity contribution in [3.05, 3.63) is 47.8 Å². The van der Waals surface area contributed by atoms with Crippen LogP contribution in [-0.4, -0.2) is 41.9 Å². The first-order chi connectivity index (χ1) is 11.7. The average Bonchev–Trinajstić information content (AvgIpc) is 3.09. The molecule has 0 radical (unpaired) electrons. The number of hydrogen-bond donors (Lipinski definition) is 1. The number of hydrogen-bond acceptors (Lipinski definition) is 3. The molecule has 0 bridgehead atoms. The van der Waals surface area contributed by atoms with E-state index in [1.54, 1.807) is 14.2 Å². The second-order valence-corrected chi connectivity index (χ2v) is 6.06. The Hall–Kier alpha value is -2.21. The second kappa shape index (κ2) is 7.13. The van der Waals surface area contributed by atoms with Crippen molar-refractivity contribution in [2.24, 2.45) is 0 Å². The molecule has 1 atom stereocenters. The van der Waals surface area contributed by atoms with Gasteiger partial charge in [0.25, 0.3) is 0 Å². The highest BCUT2D eigenvalue weighted by atomic mass is 32.1. The maximum Gasteiger partial charge on any atom is 0.169 e. The number of aromatic nitrogens is 1.